The van der Waals surface area contributed by atoms with Gasteiger partial charge in [0.1, 0.15) is 16.4 Å². The van der Waals surface area contributed by atoms with Crippen molar-refractivity contribution in [3.8, 4) is 5.82 Å². The highest BCUT2D eigenvalue weighted by atomic mass is 32.2. The number of thioether (sulfide) groups is 1. The molecule has 112 valence electrons. The van der Waals surface area contributed by atoms with Gasteiger partial charge in [0.2, 0.25) is 0 Å². The molecule has 0 aliphatic rings. The number of ether oxygens (including phenoxy) is 1. The van der Waals surface area contributed by atoms with Crippen molar-refractivity contribution in [3.05, 3.63) is 23.9 Å². The molecule has 0 bridgehead atoms. The number of carbonyl (C=O) groups is 1. The zero-order valence-electron chi connectivity index (χ0n) is 11.9. The van der Waals surface area contributed by atoms with Gasteiger partial charge in [0, 0.05) is 6.20 Å². The highest BCUT2D eigenvalue weighted by Crippen LogP contribution is 2.29. The molecule has 0 amide bonds. The molecule has 0 saturated heterocycles. The van der Waals surface area contributed by atoms with Gasteiger partial charge in [-0.1, -0.05) is 6.92 Å². The SMILES string of the molecule is CCCSc1nn(-c2cccnn2)c(N)c1C(=O)OCC. The number of carbonyl (C=O) groups excluding carboxylic acids is 1. The van der Waals surface area contributed by atoms with Crippen LogP contribution >= 0.6 is 11.8 Å². The van der Waals surface area contributed by atoms with Gasteiger partial charge in [-0.25, -0.2) is 4.79 Å². The van der Waals surface area contributed by atoms with Crippen LogP contribution < -0.4 is 5.73 Å². The molecule has 2 N–H and O–H groups in total. The Morgan fingerprint density at radius 1 is 1.48 bits per heavy atom. The van der Waals surface area contributed by atoms with Crippen molar-refractivity contribution < 1.29 is 9.53 Å². The Kier molecular flexibility index (Phi) is 5.15. The van der Waals surface area contributed by atoms with E-state index in [-0.39, 0.29) is 12.4 Å². The van der Waals surface area contributed by atoms with E-state index < -0.39 is 5.97 Å². The van der Waals surface area contributed by atoms with Crippen LogP contribution in [0.2, 0.25) is 0 Å². The lowest BCUT2D eigenvalue weighted by Crippen LogP contribution is -2.10. The molecule has 2 heterocycles. The van der Waals surface area contributed by atoms with Gasteiger partial charge in [-0.05, 0) is 31.2 Å². The molecule has 0 fully saturated rings. The van der Waals surface area contributed by atoms with Crippen LogP contribution in [0.3, 0.4) is 0 Å². The van der Waals surface area contributed by atoms with E-state index >= 15 is 0 Å². The van der Waals surface area contributed by atoms with Crippen LogP contribution in [0.1, 0.15) is 30.6 Å². The van der Waals surface area contributed by atoms with E-state index in [1.54, 1.807) is 25.3 Å². The van der Waals surface area contributed by atoms with Crippen LogP contribution in [-0.2, 0) is 4.74 Å². The van der Waals surface area contributed by atoms with E-state index in [0.717, 1.165) is 12.2 Å². The monoisotopic (exact) mass is 307 g/mol. The summed E-state index contributed by atoms with van der Waals surface area (Å²) < 4.78 is 6.47. The number of nitrogens with zero attached hydrogens (tertiary/aromatic N) is 4. The highest BCUT2D eigenvalue weighted by Gasteiger charge is 2.24. The maximum absolute atomic E-state index is 12.1. The Hall–Kier alpha value is -2.09. The number of nitrogens with two attached hydrogens (primary N) is 1. The third-order valence-corrected chi connectivity index (χ3v) is 3.76. The highest BCUT2D eigenvalue weighted by molar-refractivity contribution is 7.99. The molecular weight excluding hydrogens is 290 g/mol. The molecule has 2 aromatic rings. The summed E-state index contributed by atoms with van der Waals surface area (Å²) in [5, 5.41) is 12.7. The minimum absolute atomic E-state index is 0.215. The Morgan fingerprint density at radius 2 is 2.29 bits per heavy atom. The van der Waals surface area contributed by atoms with Gasteiger partial charge in [-0.2, -0.15) is 14.9 Å². The lowest BCUT2D eigenvalue weighted by atomic mass is 10.3. The number of anilines is 1. The average molecular weight is 307 g/mol. The molecule has 21 heavy (non-hydrogen) atoms. The first-order valence-corrected chi connectivity index (χ1v) is 7.64. The van der Waals surface area contributed by atoms with Gasteiger partial charge < -0.3 is 10.5 Å². The molecule has 0 aliphatic heterocycles. The lowest BCUT2D eigenvalue weighted by Gasteiger charge is -2.03. The number of aromatic nitrogens is 4. The smallest absolute Gasteiger partial charge is 0.344 e. The topological polar surface area (TPSA) is 95.9 Å². The first-order valence-electron chi connectivity index (χ1n) is 6.65. The minimum atomic E-state index is -0.469. The van der Waals surface area contributed by atoms with Gasteiger partial charge in [0.15, 0.2) is 5.82 Å². The summed E-state index contributed by atoms with van der Waals surface area (Å²) in [6.45, 7) is 4.09. The zero-order chi connectivity index (χ0) is 15.2. The van der Waals surface area contributed by atoms with Gasteiger partial charge in [-0.3, -0.25) is 0 Å². The third kappa shape index (κ3) is 3.33. The van der Waals surface area contributed by atoms with Crippen LogP contribution in [0.4, 0.5) is 5.82 Å². The first-order chi connectivity index (χ1) is 10.2. The molecule has 0 unspecified atom stereocenters. The summed E-state index contributed by atoms with van der Waals surface area (Å²) in [6, 6.07) is 3.45. The fourth-order valence-electron chi connectivity index (χ4n) is 1.69. The average Bonchev–Trinajstić information content (AvgIpc) is 2.83. The second-order valence-corrected chi connectivity index (χ2v) is 5.21. The molecule has 0 atom stereocenters. The summed E-state index contributed by atoms with van der Waals surface area (Å²) in [5.41, 5.74) is 6.35. The summed E-state index contributed by atoms with van der Waals surface area (Å²) in [4.78, 5) is 12.1. The van der Waals surface area contributed by atoms with Gasteiger partial charge >= 0.3 is 5.97 Å². The Bertz CT molecular complexity index is 615. The summed E-state index contributed by atoms with van der Waals surface area (Å²) in [6.07, 6.45) is 2.52. The van der Waals surface area contributed by atoms with Gasteiger partial charge in [-0.15, -0.1) is 16.9 Å². The fraction of sp³-hybridized carbons (Fsp3) is 0.385. The maximum atomic E-state index is 12.1. The molecule has 0 radical (unpaired) electrons. The Balaban J connectivity index is 2.46. The van der Waals surface area contributed by atoms with Crippen molar-refractivity contribution in [2.24, 2.45) is 0 Å². The third-order valence-electron chi connectivity index (χ3n) is 2.59. The minimum Gasteiger partial charge on any atom is -0.462 e. The molecule has 0 spiro atoms. The first kappa shape index (κ1) is 15.3. The van der Waals surface area contributed by atoms with Crippen molar-refractivity contribution in [2.75, 3.05) is 18.1 Å². The Morgan fingerprint density at radius 3 is 2.90 bits per heavy atom. The van der Waals surface area contributed by atoms with E-state index in [1.165, 1.54) is 16.4 Å². The number of rotatable bonds is 6. The summed E-state index contributed by atoms with van der Waals surface area (Å²) in [7, 11) is 0. The van der Waals surface area contributed by atoms with Gasteiger partial charge in [0.05, 0.1) is 6.61 Å². The fourth-order valence-corrected chi connectivity index (χ4v) is 2.56. The van der Waals surface area contributed by atoms with Crippen molar-refractivity contribution in [2.45, 2.75) is 25.3 Å². The number of hydrogen-bond donors (Lipinski definition) is 1. The van der Waals surface area contributed by atoms with E-state index in [4.69, 9.17) is 10.5 Å². The van der Waals surface area contributed by atoms with E-state index in [1.807, 2.05) is 0 Å². The summed E-state index contributed by atoms with van der Waals surface area (Å²) >= 11 is 1.47. The predicted molar refractivity (Wildman–Crippen MR) is 80.5 cm³/mol. The molecule has 0 saturated carbocycles. The second-order valence-electron chi connectivity index (χ2n) is 4.13. The van der Waals surface area contributed by atoms with E-state index in [9.17, 15) is 4.79 Å². The number of nitrogen functional groups attached to an aromatic ring is 1. The molecule has 7 nitrogen and oxygen atoms in total. The van der Waals surface area contributed by atoms with E-state index in [2.05, 4.69) is 22.2 Å². The van der Waals surface area contributed by atoms with Crippen molar-refractivity contribution in [3.63, 3.8) is 0 Å². The largest absolute Gasteiger partial charge is 0.462 e. The van der Waals surface area contributed by atoms with Crippen molar-refractivity contribution in [1.29, 1.82) is 0 Å². The van der Waals surface area contributed by atoms with Gasteiger partial charge in [0.25, 0.3) is 0 Å². The standard InChI is InChI=1S/C13H17N5O2S/c1-3-8-21-12-10(13(19)20-4-2)11(14)18(17-12)9-6-5-7-15-16-9/h5-7H,3-4,8,14H2,1-2H3. The molecule has 2 aromatic heterocycles. The Labute approximate surface area is 126 Å². The maximum Gasteiger partial charge on any atom is 0.344 e. The van der Waals surface area contributed by atoms with Crippen LogP contribution in [-0.4, -0.2) is 38.3 Å². The second kappa shape index (κ2) is 7.07. The normalized spacial score (nSPS) is 10.6. The van der Waals surface area contributed by atoms with Crippen molar-refractivity contribution >= 4 is 23.5 Å². The lowest BCUT2D eigenvalue weighted by molar-refractivity contribution is 0.0523. The van der Waals surface area contributed by atoms with Crippen LogP contribution in [0, 0.1) is 0 Å². The molecule has 8 heteroatoms. The van der Waals surface area contributed by atoms with Crippen LogP contribution in [0.25, 0.3) is 5.82 Å². The van der Waals surface area contributed by atoms with E-state index in [0.29, 0.717) is 16.4 Å². The molecule has 0 aliphatic carbocycles. The predicted octanol–water partition coefficient (Wildman–Crippen LogP) is 1.92. The quantitative estimate of drug-likeness (QED) is 0.643. The van der Waals surface area contributed by atoms with Crippen molar-refractivity contribution in [1.82, 2.24) is 20.0 Å². The molecule has 0 aromatic carbocycles. The summed E-state index contributed by atoms with van der Waals surface area (Å²) in [5.74, 6) is 1.05. The molecular formula is C13H17N5O2S. The molecule has 2 rings (SSSR count). The number of esters is 1. The van der Waals surface area contributed by atoms with Crippen LogP contribution in [0.15, 0.2) is 23.4 Å². The number of hydrogen-bond acceptors (Lipinski definition) is 7. The van der Waals surface area contributed by atoms with Crippen LogP contribution in [0.5, 0.6) is 0 Å². The zero-order valence-corrected chi connectivity index (χ0v) is 12.8.